The number of hydrogen-bond donors (Lipinski definition) is 2. The standard InChI is InChI=1S/C25H21ClFNO6/c1-14-6-7-16(8-15(14)9-24(29)30)28-25(31)18-10-20(27)23(11-19(18)26)33-13-17-12-32-21-4-2-3-5-22(21)34-17/h2-8,10-11,17H,9,12-13H2,1H3,(H,28,31)(H,29,30)/t17-/m1/s1. The first kappa shape index (κ1) is 23.4. The zero-order chi connectivity index (χ0) is 24.2. The largest absolute Gasteiger partial charge is 0.486 e. The number of carbonyl (C=O) groups is 2. The number of aryl methyl sites for hydroxylation is 1. The number of carboxylic acids is 1. The number of anilines is 1. The molecule has 1 amide bonds. The van der Waals surface area contributed by atoms with Gasteiger partial charge in [-0.1, -0.05) is 29.8 Å². The van der Waals surface area contributed by atoms with E-state index >= 15 is 0 Å². The highest BCUT2D eigenvalue weighted by atomic mass is 35.5. The normalized spacial score (nSPS) is 14.4. The molecule has 0 fully saturated rings. The number of carboxylic acid groups (broad SMARTS) is 1. The van der Waals surface area contributed by atoms with E-state index in [-0.39, 0.29) is 36.0 Å². The van der Waals surface area contributed by atoms with Crippen molar-refractivity contribution in [2.45, 2.75) is 19.4 Å². The molecule has 0 saturated heterocycles. The molecular formula is C25H21ClFNO6. The fraction of sp³-hybridized carbons (Fsp3) is 0.200. The summed E-state index contributed by atoms with van der Waals surface area (Å²) in [4.78, 5) is 23.7. The van der Waals surface area contributed by atoms with Crippen LogP contribution in [0, 0.1) is 12.7 Å². The van der Waals surface area contributed by atoms with Crippen LogP contribution >= 0.6 is 11.6 Å². The van der Waals surface area contributed by atoms with E-state index in [1.54, 1.807) is 37.3 Å². The highest BCUT2D eigenvalue weighted by Crippen LogP contribution is 2.32. The molecule has 9 heteroatoms. The minimum atomic E-state index is -0.985. The van der Waals surface area contributed by atoms with E-state index in [1.165, 1.54) is 6.07 Å². The molecule has 0 unspecified atom stereocenters. The summed E-state index contributed by atoms with van der Waals surface area (Å²) in [5.74, 6) is -1.30. The van der Waals surface area contributed by atoms with Crippen molar-refractivity contribution in [1.82, 2.24) is 0 Å². The van der Waals surface area contributed by atoms with E-state index in [1.807, 2.05) is 12.1 Å². The third-order valence-corrected chi connectivity index (χ3v) is 5.52. The van der Waals surface area contributed by atoms with Gasteiger partial charge in [0.1, 0.15) is 13.2 Å². The van der Waals surface area contributed by atoms with Crippen molar-refractivity contribution < 1.29 is 33.3 Å². The molecule has 2 N–H and O–H groups in total. The average molecular weight is 486 g/mol. The molecule has 3 aromatic rings. The lowest BCUT2D eigenvalue weighted by atomic mass is 10.0. The van der Waals surface area contributed by atoms with Gasteiger partial charge in [0.15, 0.2) is 29.2 Å². The molecular weight excluding hydrogens is 465 g/mol. The van der Waals surface area contributed by atoms with E-state index < -0.39 is 23.8 Å². The molecule has 0 bridgehead atoms. The molecule has 7 nitrogen and oxygen atoms in total. The maximum Gasteiger partial charge on any atom is 0.307 e. The molecule has 176 valence electrons. The van der Waals surface area contributed by atoms with Gasteiger partial charge in [0.05, 0.1) is 17.0 Å². The number of rotatable bonds is 7. The van der Waals surface area contributed by atoms with Crippen molar-refractivity contribution in [1.29, 1.82) is 0 Å². The molecule has 1 atom stereocenters. The van der Waals surface area contributed by atoms with Gasteiger partial charge in [0.2, 0.25) is 0 Å². The first-order chi connectivity index (χ1) is 16.3. The van der Waals surface area contributed by atoms with Crippen LogP contribution < -0.4 is 19.5 Å². The van der Waals surface area contributed by atoms with E-state index in [9.17, 15) is 14.0 Å². The predicted octanol–water partition coefficient (Wildman–Crippen LogP) is 4.89. The van der Waals surface area contributed by atoms with Crippen molar-refractivity contribution >= 4 is 29.2 Å². The maximum absolute atomic E-state index is 14.7. The Morgan fingerprint density at radius 2 is 1.94 bits per heavy atom. The minimum absolute atomic E-state index is 0.00192. The molecule has 0 radical (unpaired) electrons. The van der Waals surface area contributed by atoms with E-state index in [0.717, 1.165) is 11.6 Å². The number of ether oxygens (including phenoxy) is 3. The smallest absolute Gasteiger partial charge is 0.307 e. The molecule has 34 heavy (non-hydrogen) atoms. The fourth-order valence-corrected chi connectivity index (χ4v) is 3.68. The Balaban J connectivity index is 1.42. The summed E-state index contributed by atoms with van der Waals surface area (Å²) in [5.41, 5.74) is 1.63. The van der Waals surface area contributed by atoms with E-state index in [0.29, 0.717) is 22.7 Å². The second kappa shape index (κ2) is 10.0. The van der Waals surface area contributed by atoms with Gasteiger partial charge in [-0.05, 0) is 48.4 Å². The summed E-state index contributed by atoms with van der Waals surface area (Å²) in [6.07, 6.45) is -0.629. The topological polar surface area (TPSA) is 94.1 Å². The second-order valence-electron chi connectivity index (χ2n) is 7.74. The predicted molar refractivity (Wildman–Crippen MR) is 124 cm³/mol. The number of amides is 1. The molecule has 0 spiro atoms. The van der Waals surface area contributed by atoms with Gasteiger partial charge in [-0.25, -0.2) is 4.39 Å². The Labute approximate surface area is 200 Å². The van der Waals surface area contributed by atoms with Crippen LogP contribution in [0.15, 0.2) is 54.6 Å². The van der Waals surface area contributed by atoms with Crippen LogP contribution in [0.2, 0.25) is 5.02 Å². The highest BCUT2D eigenvalue weighted by molar-refractivity contribution is 6.34. The summed E-state index contributed by atoms with van der Waals surface area (Å²) in [7, 11) is 0. The Kier molecular flexibility index (Phi) is 6.88. The lowest BCUT2D eigenvalue weighted by Gasteiger charge is -2.26. The van der Waals surface area contributed by atoms with Gasteiger partial charge < -0.3 is 24.6 Å². The van der Waals surface area contributed by atoms with Gasteiger partial charge in [-0.2, -0.15) is 0 Å². The van der Waals surface area contributed by atoms with Gasteiger partial charge in [-0.15, -0.1) is 0 Å². The molecule has 0 aliphatic carbocycles. The van der Waals surface area contributed by atoms with Gasteiger partial charge in [0, 0.05) is 11.8 Å². The Morgan fingerprint density at radius 1 is 1.18 bits per heavy atom. The number of hydrogen-bond acceptors (Lipinski definition) is 5. The number of carbonyl (C=O) groups excluding carboxylic acids is 1. The summed E-state index contributed by atoms with van der Waals surface area (Å²) >= 11 is 6.24. The first-order valence-electron chi connectivity index (χ1n) is 10.4. The first-order valence-corrected chi connectivity index (χ1v) is 10.8. The summed E-state index contributed by atoms with van der Waals surface area (Å²) in [6.45, 7) is 2.04. The maximum atomic E-state index is 14.7. The van der Waals surface area contributed by atoms with Gasteiger partial charge in [0.25, 0.3) is 5.91 Å². The lowest BCUT2D eigenvalue weighted by Crippen LogP contribution is -2.34. The molecule has 1 aliphatic heterocycles. The third-order valence-electron chi connectivity index (χ3n) is 5.21. The second-order valence-corrected chi connectivity index (χ2v) is 8.14. The molecule has 1 aliphatic rings. The van der Waals surface area contributed by atoms with Crippen molar-refractivity contribution in [3.63, 3.8) is 0 Å². The SMILES string of the molecule is Cc1ccc(NC(=O)c2cc(F)c(OC[C@H]3COc4ccccc4O3)cc2Cl)cc1CC(=O)O. The van der Waals surface area contributed by atoms with Crippen molar-refractivity contribution in [2.24, 2.45) is 0 Å². The van der Waals surface area contributed by atoms with Crippen molar-refractivity contribution in [3.8, 4) is 17.2 Å². The summed E-state index contributed by atoms with van der Waals surface area (Å²) < 4.78 is 31.6. The van der Waals surface area contributed by atoms with Crippen molar-refractivity contribution in [3.05, 3.63) is 82.1 Å². The van der Waals surface area contributed by atoms with Crippen LogP contribution in [-0.2, 0) is 11.2 Å². The monoisotopic (exact) mass is 485 g/mol. The zero-order valence-corrected chi connectivity index (χ0v) is 18.9. The quantitative estimate of drug-likeness (QED) is 0.495. The van der Waals surface area contributed by atoms with Crippen LogP contribution in [0.5, 0.6) is 17.2 Å². The number of para-hydroxylation sites is 2. The third kappa shape index (κ3) is 5.40. The van der Waals surface area contributed by atoms with Gasteiger partial charge >= 0.3 is 5.97 Å². The zero-order valence-electron chi connectivity index (χ0n) is 18.1. The van der Waals surface area contributed by atoms with E-state index in [2.05, 4.69) is 5.32 Å². The lowest BCUT2D eigenvalue weighted by molar-refractivity contribution is -0.136. The molecule has 4 rings (SSSR count). The minimum Gasteiger partial charge on any atom is -0.486 e. The highest BCUT2D eigenvalue weighted by Gasteiger charge is 2.23. The van der Waals surface area contributed by atoms with Crippen molar-refractivity contribution in [2.75, 3.05) is 18.5 Å². The van der Waals surface area contributed by atoms with Crippen LogP contribution in [0.4, 0.5) is 10.1 Å². The number of aliphatic carboxylic acids is 1. The average Bonchev–Trinajstić information content (AvgIpc) is 2.81. The molecule has 0 saturated carbocycles. The Bertz CT molecular complexity index is 1250. The number of fused-ring (bicyclic) bond motifs is 1. The fourth-order valence-electron chi connectivity index (χ4n) is 3.44. The Morgan fingerprint density at radius 3 is 2.71 bits per heavy atom. The van der Waals surface area contributed by atoms with Crippen LogP contribution in [0.1, 0.15) is 21.5 Å². The van der Waals surface area contributed by atoms with Crippen LogP contribution in [0.3, 0.4) is 0 Å². The van der Waals surface area contributed by atoms with Crippen LogP contribution in [0.25, 0.3) is 0 Å². The number of benzene rings is 3. The van der Waals surface area contributed by atoms with Gasteiger partial charge in [-0.3, -0.25) is 9.59 Å². The summed E-state index contributed by atoms with van der Waals surface area (Å²) in [5, 5.41) is 11.6. The summed E-state index contributed by atoms with van der Waals surface area (Å²) in [6, 6.07) is 14.3. The molecule has 0 aromatic heterocycles. The van der Waals surface area contributed by atoms with E-state index in [4.69, 9.17) is 30.9 Å². The molecule has 1 heterocycles. The number of nitrogens with one attached hydrogen (secondary N) is 1. The Hall–Kier alpha value is -3.78. The number of halogens is 2. The molecule has 3 aromatic carbocycles. The van der Waals surface area contributed by atoms with Crippen LogP contribution in [-0.4, -0.2) is 36.3 Å².